The van der Waals surface area contributed by atoms with Crippen molar-refractivity contribution in [2.24, 2.45) is 0 Å². The molecule has 0 radical (unpaired) electrons. The van der Waals surface area contributed by atoms with Gasteiger partial charge in [-0.2, -0.15) is 0 Å². The zero-order chi connectivity index (χ0) is 20.0. The summed E-state index contributed by atoms with van der Waals surface area (Å²) in [6.45, 7) is 2.46. The maximum absolute atomic E-state index is 12.5. The third kappa shape index (κ3) is 4.69. The fourth-order valence-corrected chi connectivity index (χ4v) is 3.23. The first kappa shape index (κ1) is 19.9. The molecule has 0 saturated carbocycles. The molecule has 1 fully saturated rings. The lowest BCUT2D eigenvalue weighted by molar-refractivity contribution is -0.194. The average molecular weight is 389 g/mol. The highest BCUT2D eigenvalue weighted by atomic mass is 16.8. The maximum Gasteiger partial charge on any atom is 0.510 e. The van der Waals surface area contributed by atoms with Crippen LogP contribution in [-0.4, -0.2) is 54.5 Å². The summed E-state index contributed by atoms with van der Waals surface area (Å²) < 4.78 is 20.9. The number of ether oxygens (including phenoxy) is 4. The van der Waals surface area contributed by atoms with Gasteiger partial charge in [-0.1, -0.05) is 30.3 Å². The van der Waals surface area contributed by atoms with Gasteiger partial charge in [-0.25, -0.2) is 9.59 Å². The maximum atomic E-state index is 12.5. The summed E-state index contributed by atoms with van der Waals surface area (Å²) in [5.74, 6) is -0.267. The number of hydrogen-bond acceptors (Lipinski definition) is 7. The van der Waals surface area contributed by atoms with E-state index < -0.39 is 24.1 Å². The zero-order valence-electron chi connectivity index (χ0n) is 15.7. The molecule has 0 bridgehead atoms. The van der Waals surface area contributed by atoms with Gasteiger partial charge in [0.05, 0.1) is 13.2 Å². The molecular formula is C20H23NO7. The van der Waals surface area contributed by atoms with E-state index in [0.717, 1.165) is 5.56 Å². The predicted octanol–water partition coefficient (Wildman–Crippen LogP) is 2.81. The normalized spacial score (nSPS) is 24.1. The van der Waals surface area contributed by atoms with Crippen LogP contribution >= 0.6 is 0 Å². The van der Waals surface area contributed by atoms with Gasteiger partial charge in [0.2, 0.25) is 6.29 Å². The summed E-state index contributed by atoms with van der Waals surface area (Å²) >= 11 is 0. The quantitative estimate of drug-likeness (QED) is 0.731. The molecule has 2 aliphatic rings. The molecule has 2 unspecified atom stereocenters. The largest absolute Gasteiger partial charge is 0.510 e. The highest BCUT2D eigenvalue weighted by Gasteiger charge is 2.47. The highest BCUT2D eigenvalue weighted by molar-refractivity contribution is 5.98. The molecular weight excluding hydrogens is 366 g/mol. The van der Waals surface area contributed by atoms with Crippen LogP contribution < -0.4 is 0 Å². The van der Waals surface area contributed by atoms with E-state index in [9.17, 15) is 14.4 Å². The third-order valence-corrected chi connectivity index (χ3v) is 4.59. The van der Waals surface area contributed by atoms with E-state index in [1.54, 1.807) is 6.92 Å². The first-order valence-electron chi connectivity index (χ1n) is 9.22. The number of amides is 1. The van der Waals surface area contributed by atoms with Gasteiger partial charge in [-0.15, -0.1) is 0 Å². The number of hydrogen-bond donors (Lipinski definition) is 0. The van der Waals surface area contributed by atoms with Crippen molar-refractivity contribution in [2.45, 2.75) is 38.3 Å². The Morgan fingerprint density at radius 2 is 2.04 bits per heavy atom. The van der Waals surface area contributed by atoms with Gasteiger partial charge in [-0.05, 0) is 37.5 Å². The molecule has 0 N–H and O–H groups in total. The monoisotopic (exact) mass is 389 g/mol. The van der Waals surface area contributed by atoms with Crippen molar-refractivity contribution in [1.82, 2.24) is 4.90 Å². The molecule has 1 saturated heterocycles. The van der Waals surface area contributed by atoms with Crippen molar-refractivity contribution in [3.63, 3.8) is 0 Å². The number of carbonyl (C=O) groups excluding carboxylic acids is 3. The predicted molar refractivity (Wildman–Crippen MR) is 97.3 cm³/mol. The average Bonchev–Trinajstić information content (AvgIpc) is 2.70. The SMILES string of the molecule is CCOC(=O)OC1C=CC(=O)C2(CCCN(C(=O)OCc3ccccc3)C2)O1. The van der Waals surface area contributed by atoms with Crippen molar-refractivity contribution in [3.8, 4) is 0 Å². The lowest BCUT2D eigenvalue weighted by atomic mass is 9.87. The Hall–Kier alpha value is -2.87. The molecule has 0 aliphatic carbocycles. The van der Waals surface area contributed by atoms with E-state index >= 15 is 0 Å². The van der Waals surface area contributed by atoms with Crippen LogP contribution in [0.25, 0.3) is 0 Å². The number of nitrogens with zero attached hydrogens (tertiary/aromatic N) is 1. The molecule has 1 amide bonds. The number of carbonyl (C=O) groups is 3. The minimum Gasteiger partial charge on any atom is -0.445 e. The van der Waals surface area contributed by atoms with E-state index in [1.165, 1.54) is 17.1 Å². The van der Waals surface area contributed by atoms with E-state index in [0.29, 0.717) is 19.4 Å². The van der Waals surface area contributed by atoms with Crippen LogP contribution in [0.1, 0.15) is 25.3 Å². The van der Waals surface area contributed by atoms with Crippen molar-refractivity contribution < 1.29 is 33.3 Å². The second kappa shape index (κ2) is 8.88. The summed E-state index contributed by atoms with van der Waals surface area (Å²) in [7, 11) is 0. The topological polar surface area (TPSA) is 91.4 Å². The van der Waals surface area contributed by atoms with E-state index in [1.807, 2.05) is 30.3 Å². The second-order valence-electron chi connectivity index (χ2n) is 6.57. The summed E-state index contributed by atoms with van der Waals surface area (Å²) in [6.07, 6.45) is 1.22. The Kier molecular flexibility index (Phi) is 6.30. The van der Waals surface area contributed by atoms with Gasteiger partial charge >= 0.3 is 12.2 Å². The Labute approximate surface area is 163 Å². The van der Waals surface area contributed by atoms with Crippen LogP contribution in [0.2, 0.25) is 0 Å². The molecule has 1 aromatic carbocycles. The van der Waals surface area contributed by atoms with Crippen molar-refractivity contribution in [2.75, 3.05) is 19.7 Å². The molecule has 1 aromatic rings. The van der Waals surface area contributed by atoms with E-state index in [4.69, 9.17) is 18.9 Å². The molecule has 8 nitrogen and oxygen atoms in total. The van der Waals surface area contributed by atoms with Crippen LogP contribution in [-0.2, 0) is 30.3 Å². The van der Waals surface area contributed by atoms with Gasteiger partial charge < -0.3 is 23.8 Å². The molecule has 2 heterocycles. The molecule has 150 valence electrons. The standard InChI is InChI=1S/C20H23NO7/c1-2-25-19(24)27-17-10-9-16(22)20(28-17)11-6-12-21(14-20)18(23)26-13-15-7-4-3-5-8-15/h3-5,7-10,17H,2,6,11-14H2,1H3. The van der Waals surface area contributed by atoms with Gasteiger partial charge in [-0.3, -0.25) is 4.79 Å². The minimum absolute atomic E-state index is 0.0342. The van der Waals surface area contributed by atoms with Crippen LogP contribution in [0.5, 0.6) is 0 Å². The van der Waals surface area contributed by atoms with Crippen molar-refractivity contribution in [1.29, 1.82) is 0 Å². The fraction of sp³-hybridized carbons (Fsp3) is 0.450. The molecule has 1 spiro atoms. The van der Waals surface area contributed by atoms with Crippen LogP contribution in [0.4, 0.5) is 9.59 Å². The smallest absolute Gasteiger partial charge is 0.445 e. The van der Waals surface area contributed by atoms with Crippen LogP contribution in [0.15, 0.2) is 42.5 Å². The number of benzene rings is 1. The number of ketones is 1. The summed E-state index contributed by atoms with van der Waals surface area (Å²) in [4.78, 5) is 38.0. The highest BCUT2D eigenvalue weighted by Crippen LogP contribution is 2.32. The molecule has 0 aromatic heterocycles. The second-order valence-corrected chi connectivity index (χ2v) is 6.57. The van der Waals surface area contributed by atoms with E-state index in [2.05, 4.69) is 0 Å². The van der Waals surface area contributed by atoms with Crippen molar-refractivity contribution in [3.05, 3.63) is 48.0 Å². The lowest BCUT2D eigenvalue weighted by Gasteiger charge is -2.42. The number of rotatable bonds is 4. The summed E-state index contributed by atoms with van der Waals surface area (Å²) in [6, 6.07) is 9.34. The molecule has 3 rings (SSSR count). The first-order chi connectivity index (χ1) is 13.5. The van der Waals surface area contributed by atoms with Gasteiger partial charge in [0.15, 0.2) is 11.4 Å². The van der Waals surface area contributed by atoms with E-state index in [-0.39, 0.29) is 25.5 Å². The molecule has 28 heavy (non-hydrogen) atoms. The van der Waals surface area contributed by atoms with Gasteiger partial charge in [0, 0.05) is 6.54 Å². The molecule has 2 atom stereocenters. The summed E-state index contributed by atoms with van der Waals surface area (Å²) in [5, 5.41) is 0. The van der Waals surface area contributed by atoms with Crippen LogP contribution in [0.3, 0.4) is 0 Å². The fourth-order valence-electron chi connectivity index (χ4n) is 3.23. The van der Waals surface area contributed by atoms with Gasteiger partial charge in [0.25, 0.3) is 0 Å². The Balaban J connectivity index is 1.62. The van der Waals surface area contributed by atoms with Crippen LogP contribution in [0, 0.1) is 0 Å². The zero-order valence-corrected chi connectivity index (χ0v) is 15.7. The number of likely N-dealkylation sites (tertiary alicyclic amines) is 1. The van der Waals surface area contributed by atoms with Gasteiger partial charge in [0.1, 0.15) is 6.61 Å². The molecule has 2 aliphatic heterocycles. The first-order valence-corrected chi connectivity index (χ1v) is 9.22. The molecule has 8 heteroatoms. The Bertz CT molecular complexity index is 748. The number of piperidine rings is 1. The Morgan fingerprint density at radius 1 is 1.25 bits per heavy atom. The minimum atomic E-state index is -1.25. The summed E-state index contributed by atoms with van der Waals surface area (Å²) in [5.41, 5.74) is -0.381. The van der Waals surface area contributed by atoms with Crippen molar-refractivity contribution >= 4 is 18.0 Å². The lowest BCUT2D eigenvalue weighted by Crippen LogP contribution is -2.58. The Morgan fingerprint density at radius 3 is 2.79 bits per heavy atom. The third-order valence-electron chi connectivity index (χ3n) is 4.59.